The van der Waals surface area contributed by atoms with E-state index in [2.05, 4.69) is 10.2 Å². The highest BCUT2D eigenvalue weighted by Gasteiger charge is 2.22. The van der Waals surface area contributed by atoms with Crippen LogP contribution in [0.4, 0.5) is 0 Å². The van der Waals surface area contributed by atoms with Gasteiger partial charge in [0, 0.05) is 0 Å². The van der Waals surface area contributed by atoms with Crippen LogP contribution in [0.15, 0.2) is 54.6 Å². The first-order valence-electron chi connectivity index (χ1n) is 7.78. The van der Waals surface area contributed by atoms with Gasteiger partial charge < -0.3 is 14.6 Å². The first-order chi connectivity index (χ1) is 12.2. The number of ether oxygens (including phenoxy) is 2. The Morgan fingerprint density at radius 1 is 1.08 bits per heavy atom. The Hall–Kier alpha value is -3.35. The molecule has 3 aromatic rings. The van der Waals surface area contributed by atoms with Gasteiger partial charge in [-0.2, -0.15) is 4.80 Å². The third-order valence-electron chi connectivity index (χ3n) is 3.31. The normalized spacial score (nSPS) is 10.4. The van der Waals surface area contributed by atoms with E-state index in [-0.39, 0.29) is 23.9 Å². The molecule has 2 aromatic carbocycles. The number of phenolic OH excluding ortho intramolecular Hbond substituents is 1. The van der Waals surface area contributed by atoms with E-state index in [0.717, 1.165) is 5.56 Å². The maximum absolute atomic E-state index is 12.1. The Kier molecular flexibility index (Phi) is 4.94. The summed E-state index contributed by atoms with van der Waals surface area (Å²) in [5.41, 5.74) is 0.995. The van der Waals surface area contributed by atoms with E-state index < -0.39 is 5.97 Å². The largest absolute Gasteiger partial charge is 0.508 e. The average molecular weight is 339 g/mol. The van der Waals surface area contributed by atoms with Crippen molar-refractivity contribution in [1.82, 2.24) is 15.0 Å². The zero-order valence-corrected chi connectivity index (χ0v) is 13.6. The van der Waals surface area contributed by atoms with Gasteiger partial charge in [-0.25, -0.2) is 4.79 Å². The summed E-state index contributed by atoms with van der Waals surface area (Å²) in [5.74, 6) is -0.00327. The van der Waals surface area contributed by atoms with Crippen molar-refractivity contribution in [3.05, 3.63) is 65.9 Å². The summed E-state index contributed by atoms with van der Waals surface area (Å²) in [7, 11) is 0. The van der Waals surface area contributed by atoms with Crippen molar-refractivity contribution in [3.8, 4) is 17.4 Å². The lowest BCUT2D eigenvalue weighted by Gasteiger charge is -2.03. The second kappa shape index (κ2) is 7.48. The van der Waals surface area contributed by atoms with Crippen molar-refractivity contribution in [2.45, 2.75) is 13.5 Å². The smallest absolute Gasteiger partial charge is 0.364 e. The van der Waals surface area contributed by atoms with Crippen molar-refractivity contribution in [2.75, 3.05) is 6.61 Å². The number of esters is 1. The Morgan fingerprint density at radius 2 is 1.80 bits per heavy atom. The molecule has 0 saturated heterocycles. The zero-order chi connectivity index (χ0) is 17.6. The molecule has 0 aliphatic carbocycles. The van der Waals surface area contributed by atoms with Crippen LogP contribution in [0.25, 0.3) is 0 Å². The minimum Gasteiger partial charge on any atom is -0.508 e. The molecule has 0 spiro atoms. The lowest BCUT2D eigenvalue weighted by molar-refractivity contribution is 0.0515. The predicted octanol–water partition coefficient (Wildman–Crippen LogP) is 3.00. The van der Waals surface area contributed by atoms with Crippen LogP contribution in [-0.2, 0) is 11.3 Å². The highest BCUT2D eigenvalue weighted by Crippen LogP contribution is 2.24. The summed E-state index contributed by atoms with van der Waals surface area (Å²) in [6, 6.07) is 15.7. The number of phenols is 1. The van der Waals surface area contributed by atoms with Gasteiger partial charge in [-0.05, 0) is 36.8 Å². The molecule has 128 valence electrons. The number of rotatable bonds is 6. The van der Waals surface area contributed by atoms with Gasteiger partial charge in [0.2, 0.25) is 5.69 Å². The van der Waals surface area contributed by atoms with E-state index in [1.165, 1.54) is 16.9 Å². The monoisotopic (exact) mass is 339 g/mol. The standard InChI is InChI=1S/C18H17N3O4/c1-2-24-18(23)16-17(25-15-10-8-14(22)9-11-15)20-21(19-16)12-13-6-4-3-5-7-13/h3-11,22H,2,12H2,1H3. The van der Waals surface area contributed by atoms with Gasteiger partial charge in [0.15, 0.2) is 0 Å². The average Bonchev–Trinajstić information content (AvgIpc) is 3.00. The molecule has 0 bridgehead atoms. The minimum atomic E-state index is -0.601. The van der Waals surface area contributed by atoms with Crippen LogP contribution in [0, 0.1) is 0 Å². The fourth-order valence-corrected chi connectivity index (χ4v) is 2.17. The lowest BCUT2D eigenvalue weighted by Crippen LogP contribution is -2.08. The fourth-order valence-electron chi connectivity index (χ4n) is 2.17. The first-order valence-corrected chi connectivity index (χ1v) is 7.78. The first kappa shape index (κ1) is 16.5. The summed E-state index contributed by atoms with van der Waals surface area (Å²) in [4.78, 5) is 13.5. The van der Waals surface area contributed by atoms with Gasteiger partial charge in [-0.3, -0.25) is 0 Å². The summed E-state index contributed by atoms with van der Waals surface area (Å²) in [5, 5.41) is 17.8. The summed E-state index contributed by atoms with van der Waals surface area (Å²) >= 11 is 0. The van der Waals surface area contributed by atoms with Crippen molar-refractivity contribution in [3.63, 3.8) is 0 Å². The SMILES string of the molecule is CCOC(=O)c1nn(Cc2ccccc2)nc1Oc1ccc(O)cc1. The van der Waals surface area contributed by atoms with Crippen molar-refractivity contribution in [2.24, 2.45) is 0 Å². The summed E-state index contributed by atoms with van der Waals surface area (Å²) in [6.45, 7) is 2.34. The molecule has 1 N–H and O–H groups in total. The molecule has 0 unspecified atom stereocenters. The number of carbonyl (C=O) groups is 1. The van der Waals surface area contributed by atoms with Gasteiger partial charge in [0.05, 0.1) is 13.2 Å². The molecular weight excluding hydrogens is 322 g/mol. The van der Waals surface area contributed by atoms with Crippen molar-refractivity contribution in [1.29, 1.82) is 0 Å². The van der Waals surface area contributed by atoms with Crippen molar-refractivity contribution >= 4 is 5.97 Å². The molecule has 0 saturated carbocycles. The molecular formula is C18H17N3O4. The third-order valence-corrected chi connectivity index (χ3v) is 3.31. The Morgan fingerprint density at radius 3 is 2.48 bits per heavy atom. The number of nitrogens with zero attached hydrogens (tertiary/aromatic N) is 3. The zero-order valence-electron chi connectivity index (χ0n) is 13.6. The van der Waals surface area contributed by atoms with Crippen molar-refractivity contribution < 1.29 is 19.4 Å². The molecule has 7 heteroatoms. The molecule has 0 aliphatic heterocycles. The molecule has 0 fully saturated rings. The predicted molar refractivity (Wildman–Crippen MR) is 89.7 cm³/mol. The number of hydrogen-bond donors (Lipinski definition) is 1. The van der Waals surface area contributed by atoms with Gasteiger partial charge >= 0.3 is 5.97 Å². The van der Waals surface area contributed by atoms with Crippen LogP contribution in [0.1, 0.15) is 23.0 Å². The number of carbonyl (C=O) groups excluding carboxylic acids is 1. The van der Waals surface area contributed by atoms with Crippen LogP contribution >= 0.6 is 0 Å². The van der Waals surface area contributed by atoms with Gasteiger partial charge in [-0.1, -0.05) is 30.3 Å². The second-order valence-electron chi connectivity index (χ2n) is 5.19. The van der Waals surface area contributed by atoms with Crippen LogP contribution in [0.5, 0.6) is 17.4 Å². The lowest BCUT2D eigenvalue weighted by atomic mass is 10.2. The number of hydrogen-bond acceptors (Lipinski definition) is 6. The van der Waals surface area contributed by atoms with E-state index in [4.69, 9.17) is 9.47 Å². The van der Waals surface area contributed by atoms with Crippen LogP contribution < -0.4 is 4.74 Å². The molecule has 7 nitrogen and oxygen atoms in total. The number of benzene rings is 2. The molecule has 1 aromatic heterocycles. The van der Waals surface area contributed by atoms with E-state index in [1.807, 2.05) is 30.3 Å². The molecule has 0 aliphatic rings. The van der Waals surface area contributed by atoms with Gasteiger partial charge in [-0.15, -0.1) is 10.2 Å². The molecule has 0 radical (unpaired) electrons. The minimum absolute atomic E-state index is 0.00542. The highest BCUT2D eigenvalue weighted by molar-refractivity contribution is 5.89. The summed E-state index contributed by atoms with van der Waals surface area (Å²) < 4.78 is 10.7. The van der Waals surface area contributed by atoms with Crippen LogP contribution in [0.3, 0.4) is 0 Å². The fraction of sp³-hybridized carbons (Fsp3) is 0.167. The van der Waals surface area contributed by atoms with Crippen LogP contribution in [-0.4, -0.2) is 32.7 Å². The maximum Gasteiger partial charge on any atom is 0.364 e. The third kappa shape index (κ3) is 4.14. The molecule has 3 rings (SSSR count). The number of aromatic nitrogens is 3. The highest BCUT2D eigenvalue weighted by atomic mass is 16.5. The van der Waals surface area contributed by atoms with E-state index >= 15 is 0 Å². The Labute approximate surface area is 144 Å². The van der Waals surface area contributed by atoms with E-state index in [9.17, 15) is 9.90 Å². The Balaban J connectivity index is 1.88. The topological polar surface area (TPSA) is 86.5 Å². The quantitative estimate of drug-likeness (QED) is 0.695. The maximum atomic E-state index is 12.1. The number of aromatic hydroxyl groups is 1. The van der Waals surface area contributed by atoms with Crippen LogP contribution in [0.2, 0.25) is 0 Å². The molecule has 0 amide bonds. The molecule has 25 heavy (non-hydrogen) atoms. The van der Waals surface area contributed by atoms with E-state index in [0.29, 0.717) is 12.3 Å². The second-order valence-corrected chi connectivity index (χ2v) is 5.19. The molecule has 1 heterocycles. The van der Waals surface area contributed by atoms with Gasteiger partial charge in [0.25, 0.3) is 5.88 Å². The Bertz CT molecular complexity index is 845. The van der Waals surface area contributed by atoms with E-state index in [1.54, 1.807) is 19.1 Å². The summed E-state index contributed by atoms with van der Waals surface area (Å²) in [6.07, 6.45) is 0. The van der Waals surface area contributed by atoms with Gasteiger partial charge in [0.1, 0.15) is 11.5 Å². The molecule has 0 atom stereocenters.